The molecule has 1 rings (SSSR count). The third-order valence-corrected chi connectivity index (χ3v) is 2.15. The molecule has 1 aromatic rings. The molecule has 0 fully saturated rings. The van der Waals surface area contributed by atoms with Gasteiger partial charge in [0.1, 0.15) is 18.2 Å². The van der Waals surface area contributed by atoms with E-state index in [1.54, 1.807) is 6.92 Å². The van der Waals surface area contributed by atoms with E-state index in [0.29, 0.717) is 0 Å². The monoisotopic (exact) mass is 278 g/mol. The smallest absolute Gasteiger partial charge is 0.339 e. The Balaban J connectivity index is 2.79. The molecule has 0 bridgehead atoms. The fourth-order valence-electron chi connectivity index (χ4n) is 1.33. The minimum absolute atomic E-state index is 0.0487. The van der Waals surface area contributed by atoms with Crippen molar-refractivity contribution in [2.75, 3.05) is 13.2 Å². The molecule has 1 unspecified atom stereocenters. The predicted octanol–water partition coefficient (Wildman–Crippen LogP) is 2.07. The summed E-state index contributed by atoms with van der Waals surface area (Å²) in [4.78, 5) is 11.2. The van der Waals surface area contributed by atoms with Gasteiger partial charge >= 0.3 is 5.97 Å². The Labute approximate surface area is 107 Å². The number of benzene rings is 1. The highest BCUT2D eigenvalue weighted by Gasteiger charge is 2.22. The first-order chi connectivity index (χ1) is 8.95. The summed E-state index contributed by atoms with van der Waals surface area (Å²) in [6, 6.07) is 3.08. The number of aliphatic hydroxyl groups excluding tert-OH is 1. The highest BCUT2D eigenvalue weighted by Crippen LogP contribution is 2.23. The Bertz CT molecular complexity index is 437. The van der Waals surface area contributed by atoms with E-state index in [9.17, 15) is 23.1 Å². The topological polar surface area (TPSA) is 55.8 Å². The van der Waals surface area contributed by atoms with Gasteiger partial charge in [0.25, 0.3) is 6.43 Å². The van der Waals surface area contributed by atoms with Crippen molar-refractivity contribution in [1.29, 1.82) is 0 Å². The third-order valence-electron chi connectivity index (χ3n) is 2.15. The first kappa shape index (κ1) is 15.3. The molecular weight excluding hydrogens is 265 g/mol. The zero-order valence-electron chi connectivity index (χ0n) is 10.1. The number of hydrogen-bond acceptors (Lipinski definition) is 4. The van der Waals surface area contributed by atoms with E-state index < -0.39 is 30.9 Å². The van der Waals surface area contributed by atoms with E-state index in [1.165, 1.54) is 6.07 Å². The lowest BCUT2D eigenvalue weighted by atomic mass is 10.1. The number of carbonyl (C=O) groups is 1. The van der Waals surface area contributed by atoms with E-state index in [-0.39, 0.29) is 17.9 Å². The van der Waals surface area contributed by atoms with Crippen molar-refractivity contribution in [3.8, 4) is 5.75 Å². The van der Waals surface area contributed by atoms with Crippen LogP contribution < -0.4 is 4.74 Å². The van der Waals surface area contributed by atoms with E-state index in [4.69, 9.17) is 0 Å². The van der Waals surface area contributed by atoms with Crippen molar-refractivity contribution in [2.24, 2.45) is 0 Å². The van der Waals surface area contributed by atoms with Crippen LogP contribution in [0.15, 0.2) is 18.2 Å². The van der Waals surface area contributed by atoms with Gasteiger partial charge in [-0.3, -0.25) is 0 Å². The largest absolute Gasteiger partial charge is 0.488 e. The number of rotatable bonds is 6. The molecule has 0 saturated carbocycles. The number of alkyl halides is 2. The van der Waals surface area contributed by atoms with Crippen molar-refractivity contribution in [2.45, 2.75) is 19.5 Å². The summed E-state index contributed by atoms with van der Waals surface area (Å²) in [5.74, 6) is -2.03. The quantitative estimate of drug-likeness (QED) is 0.809. The van der Waals surface area contributed by atoms with Gasteiger partial charge in [0.05, 0.1) is 6.61 Å². The number of carbonyl (C=O) groups excluding carboxylic acids is 1. The Hall–Kier alpha value is -1.76. The molecule has 0 aliphatic carbocycles. The molecular formula is C12H13F3O4. The van der Waals surface area contributed by atoms with Crippen LogP contribution in [0.3, 0.4) is 0 Å². The van der Waals surface area contributed by atoms with Crippen molar-refractivity contribution in [3.63, 3.8) is 0 Å². The molecule has 0 aromatic heterocycles. The standard InChI is InChI=1S/C12H13F3O4/c1-2-18-12(17)11(16)8-4-3-7(5-9(8)13)19-6-10(14)15/h3-5,10-11,16H,2,6H2,1H3. The fourth-order valence-corrected chi connectivity index (χ4v) is 1.33. The first-order valence-electron chi connectivity index (χ1n) is 5.50. The van der Waals surface area contributed by atoms with Gasteiger partial charge < -0.3 is 14.6 Å². The molecule has 1 N–H and O–H groups in total. The number of halogens is 3. The Morgan fingerprint density at radius 2 is 2.11 bits per heavy atom. The summed E-state index contributed by atoms with van der Waals surface area (Å²) in [6.07, 6.45) is -4.43. The average Bonchev–Trinajstić information content (AvgIpc) is 2.36. The third kappa shape index (κ3) is 4.44. The lowest BCUT2D eigenvalue weighted by molar-refractivity contribution is -0.153. The molecule has 1 aromatic carbocycles. The van der Waals surface area contributed by atoms with Crippen molar-refractivity contribution < 1.29 is 32.5 Å². The SMILES string of the molecule is CCOC(=O)C(O)c1ccc(OCC(F)F)cc1F. The van der Waals surface area contributed by atoms with E-state index in [0.717, 1.165) is 12.1 Å². The van der Waals surface area contributed by atoms with Crippen molar-refractivity contribution in [3.05, 3.63) is 29.6 Å². The zero-order chi connectivity index (χ0) is 14.4. The number of ether oxygens (including phenoxy) is 2. The highest BCUT2D eigenvalue weighted by molar-refractivity contribution is 5.76. The summed E-state index contributed by atoms with van der Waals surface area (Å²) < 4.78 is 46.5. The fraction of sp³-hybridized carbons (Fsp3) is 0.417. The molecule has 0 amide bonds. The second-order valence-electron chi connectivity index (χ2n) is 3.54. The molecule has 0 radical (unpaired) electrons. The van der Waals surface area contributed by atoms with Crippen LogP contribution in [0, 0.1) is 5.82 Å². The maximum atomic E-state index is 13.6. The van der Waals surface area contributed by atoms with Crippen LogP contribution in [0.25, 0.3) is 0 Å². The molecule has 0 heterocycles. The second-order valence-corrected chi connectivity index (χ2v) is 3.54. The summed E-state index contributed by atoms with van der Waals surface area (Å²) in [5.41, 5.74) is -0.303. The van der Waals surface area contributed by atoms with Gasteiger partial charge in [-0.15, -0.1) is 0 Å². The summed E-state index contributed by atoms with van der Waals surface area (Å²) in [6.45, 7) is 0.731. The Morgan fingerprint density at radius 1 is 1.42 bits per heavy atom. The maximum Gasteiger partial charge on any atom is 0.339 e. The lowest BCUT2D eigenvalue weighted by Crippen LogP contribution is -2.16. The highest BCUT2D eigenvalue weighted by atomic mass is 19.3. The minimum Gasteiger partial charge on any atom is -0.488 e. The lowest BCUT2D eigenvalue weighted by Gasteiger charge is -2.12. The van der Waals surface area contributed by atoms with Crippen LogP contribution in [0.4, 0.5) is 13.2 Å². The molecule has 0 aliphatic rings. The molecule has 4 nitrogen and oxygen atoms in total. The van der Waals surface area contributed by atoms with Crippen LogP contribution in [-0.4, -0.2) is 30.7 Å². The average molecular weight is 278 g/mol. The van der Waals surface area contributed by atoms with Crippen LogP contribution >= 0.6 is 0 Å². The molecule has 0 aliphatic heterocycles. The first-order valence-corrected chi connectivity index (χ1v) is 5.50. The normalized spacial score (nSPS) is 12.3. The van der Waals surface area contributed by atoms with Gasteiger partial charge in [0.2, 0.25) is 0 Å². The van der Waals surface area contributed by atoms with Gasteiger partial charge in [0.15, 0.2) is 6.10 Å². The molecule has 0 spiro atoms. The Kier molecular flexibility index (Phi) is 5.62. The molecule has 7 heteroatoms. The van der Waals surface area contributed by atoms with Crippen LogP contribution in [0.2, 0.25) is 0 Å². The molecule has 19 heavy (non-hydrogen) atoms. The summed E-state index contributed by atoms with van der Waals surface area (Å²) >= 11 is 0. The Morgan fingerprint density at radius 3 is 2.63 bits per heavy atom. The summed E-state index contributed by atoms with van der Waals surface area (Å²) in [5, 5.41) is 9.53. The van der Waals surface area contributed by atoms with Crippen LogP contribution in [0.5, 0.6) is 5.75 Å². The van der Waals surface area contributed by atoms with Crippen molar-refractivity contribution in [1.82, 2.24) is 0 Å². The minimum atomic E-state index is -2.67. The molecule has 1 atom stereocenters. The zero-order valence-corrected chi connectivity index (χ0v) is 10.1. The maximum absolute atomic E-state index is 13.6. The second kappa shape index (κ2) is 6.98. The summed E-state index contributed by atoms with van der Waals surface area (Å²) in [7, 11) is 0. The number of hydrogen-bond donors (Lipinski definition) is 1. The van der Waals surface area contributed by atoms with E-state index >= 15 is 0 Å². The number of esters is 1. The predicted molar refractivity (Wildman–Crippen MR) is 59.5 cm³/mol. The van der Waals surface area contributed by atoms with E-state index in [1.807, 2.05) is 0 Å². The van der Waals surface area contributed by atoms with E-state index in [2.05, 4.69) is 9.47 Å². The van der Waals surface area contributed by atoms with Gasteiger partial charge in [-0.1, -0.05) is 0 Å². The molecule has 0 saturated heterocycles. The number of aliphatic hydroxyl groups is 1. The van der Waals surface area contributed by atoms with Crippen LogP contribution in [-0.2, 0) is 9.53 Å². The van der Waals surface area contributed by atoms with Gasteiger partial charge in [-0.2, -0.15) is 0 Å². The molecule has 106 valence electrons. The van der Waals surface area contributed by atoms with Crippen LogP contribution in [0.1, 0.15) is 18.6 Å². The van der Waals surface area contributed by atoms with Gasteiger partial charge in [-0.25, -0.2) is 18.0 Å². The van der Waals surface area contributed by atoms with Gasteiger partial charge in [-0.05, 0) is 19.1 Å². The van der Waals surface area contributed by atoms with Gasteiger partial charge in [0, 0.05) is 11.6 Å². The van der Waals surface area contributed by atoms with Crippen molar-refractivity contribution >= 4 is 5.97 Å².